The lowest BCUT2D eigenvalue weighted by Gasteiger charge is -2.31. The van der Waals surface area contributed by atoms with Crippen molar-refractivity contribution >= 4 is 16.8 Å². The summed E-state index contributed by atoms with van der Waals surface area (Å²) in [5.41, 5.74) is 3.89. The summed E-state index contributed by atoms with van der Waals surface area (Å²) >= 11 is 0. The van der Waals surface area contributed by atoms with Crippen molar-refractivity contribution in [1.29, 1.82) is 0 Å². The zero-order chi connectivity index (χ0) is 15.1. The minimum absolute atomic E-state index is 0.235. The Hall–Kier alpha value is -1.77. The van der Waals surface area contributed by atoms with Crippen molar-refractivity contribution in [2.24, 2.45) is 7.05 Å². The Kier molecular flexibility index (Phi) is 3.52. The molecule has 1 amide bonds. The van der Waals surface area contributed by atoms with E-state index in [0.29, 0.717) is 18.4 Å². The Morgan fingerprint density at radius 3 is 2.76 bits per heavy atom. The zero-order valence-corrected chi connectivity index (χ0v) is 13.4. The molecular weight excluding hydrogens is 260 g/mol. The van der Waals surface area contributed by atoms with Gasteiger partial charge in [0.1, 0.15) is 0 Å². The van der Waals surface area contributed by atoms with Crippen molar-refractivity contribution in [2.45, 2.75) is 52.1 Å². The Balaban J connectivity index is 2.16. The van der Waals surface area contributed by atoms with E-state index in [-0.39, 0.29) is 6.04 Å². The van der Waals surface area contributed by atoms with Gasteiger partial charge in [-0.3, -0.25) is 4.79 Å². The van der Waals surface area contributed by atoms with Crippen molar-refractivity contribution in [3.8, 4) is 0 Å². The molecule has 0 bridgehead atoms. The molecule has 0 spiro atoms. The summed E-state index contributed by atoms with van der Waals surface area (Å²) in [6.07, 6.45) is 2.63. The van der Waals surface area contributed by atoms with Gasteiger partial charge in [-0.05, 0) is 32.8 Å². The predicted molar refractivity (Wildman–Crippen MR) is 86.2 cm³/mol. The molecule has 0 radical (unpaired) electrons. The topological polar surface area (TPSA) is 25.2 Å². The maximum absolute atomic E-state index is 12.3. The molecule has 3 nitrogen and oxygen atoms in total. The number of para-hydroxylation sites is 1. The van der Waals surface area contributed by atoms with Crippen LogP contribution in [0.2, 0.25) is 0 Å². The van der Waals surface area contributed by atoms with Gasteiger partial charge in [0, 0.05) is 41.7 Å². The number of carbonyl (C=O) groups excluding carboxylic acids is 1. The first-order valence-electron chi connectivity index (χ1n) is 7.91. The van der Waals surface area contributed by atoms with Crippen LogP contribution in [-0.2, 0) is 11.8 Å². The van der Waals surface area contributed by atoms with Gasteiger partial charge >= 0.3 is 0 Å². The molecule has 1 aliphatic rings. The number of hydrogen-bond acceptors (Lipinski definition) is 1. The second kappa shape index (κ2) is 5.21. The zero-order valence-electron chi connectivity index (χ0n) is 13.4. The quantitative estimate of drug-likeness (QED) is 0.838. The molecule has 0 saturated carbocycles. The van der Waals surface area contributed by atoms with Crippen LogP contribution >= 0.6 is 0 Å². The highest BCUT2D eigenvalue weighted by Gasteiger charge is 2.37. The fraction of sp³-hybridized carbons (Fsp3) is 0.500. The van der Waals surface area contributed by atoms with Gasteiger partial charge in [0.25, 0.3) is 0 Å². The van der Waals surface area contributed by atoms with E-state index in [1.807, 2.05) is 0 Å². The van der Waals surface area contributed by atoms with Gasteiger partial charge in [-0.1, -0.05) is 25.1 Å². The summed E-state index contributed by atoms with van der Waals surface area (Å²) < 4.78 is 2.25. The average Bonchev–Trinajstić information content (AvgIpc) is 2.98. The third-order valence-electron chi connectivity index (χ3n) is 5.10. The van der Waals surface area contributed by atoms with Crippen molar-refractivity contribution in [1.82, 2.24) is 9.47 Å². The van der Waals surface area contributed by atoms with E-state index in [0.717, 1.165) is 12.8 Å². The lowest BCUT2D eigenvalue weighted by molar-refractivity contribution is -0.131. The van der Waals surface area contributed by atoms with Crippen LogP contribution < -0.4 is 0 Å². The number of likely N-dealkylation sites (tertiary alicyclic amines) is 1. The molecule has 0 unspecified atom stereocenters. The van der Waals surface area contributed by atoms with Gasteiger partial charge in [-0.25, -0.2) is 0 Å². The number of aryl methyl sites for hydroxylation is 1. The van der Waals surface area contributed by atoms with Gasteiger partial charge in [0.2, 0.25) is 5.91 Å². The molecule has 3 heteroatoms. The maximum Gasteiger partial charge on any atom is 0.223 e. The Bertz CT molecular complexity index is 686. The summed E-state index contributed by atoms with van der Waals surface area (Å²) in [4.78, 5) is 14.5. The molecule has 2 atom stereocenters. The van der Waals surface area contributed by atoms with E-state index in [9.17, 15) is 4.79 Å². The number of amides is 1. The first-order valence-corrected chi connectivity index (χ1v) is 7.91. The number of aromatic nitrogens is 1. The highest BCUT2D eigenvalue weighted by molar-refractivity contribution is 5.88. The summed E-state index contributed by atoms with van der Waals surface area (Å²) in [6, 6.07) is 9.07. The van der Waals surface area contributed by atoms with Gasteiger partial charge in [0.15, 0.2) is 0 Å². The van der Waals surface area contributed by atoms with Crippen molar-refractivity contribution in [3.05, 3.63) is 35.5 Å². The van der Waals surface area contributed by atoms with E-state index < -0.39 is 0 Å². The average molecular weight is 284 g/mol. The summed E-state index contributed by atoms with van der Waals surface area (Å²) in [7, 11) is 2.12. The standard InChI is InChI=1S/C18H24N2O/c1-5-12(2)20-16(10-11-17(20)21)18-13(3)19(4)15-9-7-6-8-14(15)18/h6-9,12,16H,5,10-11H2,1-4H3/t12-,16-/m0/s1. The third kappa shape index (κ3) is 2.06. The predicted octanol–water partition coefficient (Wildman–Crippen LogP) is 3.95. The molecule has 112 valence electrons. The molecule has 0 N–H and O–H groups in total. The SMILES string of the molecule is CC[C@H](C)N1C(=O)CC[C@H]1c1c(C)n(C)c2ccccc12. The Morgan fingerprint density at radius 1 is 1.33 bits per heavy atom. The van der Waals surface area contributed by atoms with Crippen LogP contribution in [-0.4, -0.2) is 21.4 Å². The van der Waals surface area contributed by atoms with Crippen molar-refractivity contribution < 1.29 is 4.79 Å². The van der Waals surface area contributed by atoms with Crippen LogP contribution in [0.3, 0.4) is 0 Å². The smallest absolute Gasteiger partial charge is 0.223 e. The second-order valence-electron chi connectivity index (χ2n) is 6.19. The van der Waals surface area contributed by atoms with Crippen LogP contribution in [0.15, 0.2) is 24.3 Å². The van der Waals surface area contributed by atoms with Crippen LogP contribution in [0, 0.1) is 6.92 Å². The molecule has 2 aromatic rings. The van der Waals surface area contributed by atoms with Crippen molar-refractivity contribution in [3.63, 3.8) is 0 Å². The molecular formula is C18H24N2O. The van der Waals surface area contributed by atoms with E-state index >= 15 is 0 Å². The van der Waals surface area contributed by atoms with Gasteiger partial charge in [-0.2, -0.15) is 0 Å². The molecule has 1 aromatic heterocycles. The van der Waals surface area contributed by atoms with E-state index in [4.69, 9.17) is 0 Å². The largest absolute Gasteiger partial charge is 0.348 e. The number of nitrogens with zero attached hydrogens (tertiary/aromatic N) is 2. The van der Waals surface area contributed by atoms with E-state index in [1.54, 1.807) is 0 Å². The monoisotopic (exact) mass is 284 g/mol. The number of benzene rings is 1. The van der Waals surface area contributed by atoms with E-state index in [2.05, 4.69) is 61.6 Å². The van der Waals surface area contributed by atoms with Gasteiger partial charge < -0.3 is 9.47 Å². The lowest BCUT2D eigenvalue weighted by Crippen LogP contribution is -2.35. The number of fused-ring (bicyclic) bond motifs is 1. The molecule has 1 aliphatic heterocycles. The maximum atomic E-state index is 12.3. The lowest BCUT2D eigenvalue weighted by atomic mass is 9.99. The summed E-state index contributed by atoms with van der Waals surface area (Å²) in [5.74, 6) is 0.307. The molecule has 3 rings (SSSR count). The first-order chi connectivity index (χ1) is 10.1. The van der Waals surface area contributed by atoms with Crippen LogP contribution in [0.5, 0.6) is 0 Å². The molecule has 21 heavy (non-hydrogen) atoms. The van der Waals surface area contributed by atoms with E-state index in [1.165, 1.54) is 22.2 Å². The first kappa shape index (κ1) is 14.2. The molecule has 2 heterocycles. The summed E-state index contributed by atoms with van der Waals surface area (Å²) in [6.45, 7) is 6.49. The Morgan fingerprint density at radius 2 is 2.05 bits per heavy atom. The van der Waals surface area contributed by atoms with Crippen molar-refractivity contribution in [2.75, 3.05) is 0 Å². The Labute approximate surface area is 126 Å². The molecule has 1 saturated heterocycles. The van der Waals surface area contributed by atoms with Crippen LogP contribution in [0.25, 0.3) is 10.9 Å². The minimum atomic E-state index is 0.235. The minimum Gasteiger partial charge on any atom is -0.348 e. The fourth-order valence-corrected chi connectivity index (χ4v) is 3.71. The van der Waals surface area contributed by atoms with Crippen LogP contribution in [0.1, 0.15) is 50.4 Å². The van der Waals surface area contributed by atoms with Gasteiger partial charge in [-0.15, -0.1) is 0 Å². The van der Waals surface area contributed by atoms with Gasteiger partial charge in [0.05, 0.1) is 6.04 Å². The fourth-order valence-electron chi connectivity index (χ4n) is 3.71. The summed E-state index contributed by atoms with van der Waals surface area (Å²) in [5, 5.41) is 1.30. The number of carbonyl (C=O) groups is 1. The second-order valence-corrected chi connectivity index (χ2v) is 6.19. The highest BCUT2D eigenvalue weighted by Crippen LogP contribution is 2.41. The van der Waals surface area contributed by atoms with Crippen LogP contribution in [0.4, 0.5) is 0 Å². The number of hydrogen-bond donors (Lipinski definition) is 0. The third-order valence-corrected chi connectivity index (χ3v) is 5.10. The normalized spacial score (nSPS) is 20.5. The molecule has 1 aromatic carbocycles. The molecule has 1 fully saturated rings. The number of rotatable bonds is 3. The molecule has 0 aliphatic carbocycles. The highest BCUT2D eigenvalue weighted by atomic mass is 16.2.